The molecule has 0 radical (unpaired) electrons. The van der Waals surface area contributed by atoms with Crippen LogP contribution in [0.25, 0.3) is 0 Å². The summed E-state index contributed by atoms with van der Waals surface area (Å²) in [6.45, 7) is 2.79. The van der Waals surface area contributed by atoms with E-state index in [1.165, 1.54) is 51.4 Å². The minimum atomic E-state index is -0.219. The van der Waals surface area contributed by atoms with Crippen molar-refractivity contribution in [3.63, 3.8) is 0 Å². The van der Waals surface area contributed by atoms with E-state index in [1.54, 1.807) is 0 Å². The predicted molar refractivity (Wildman–Crippen MR) is 70.0 cm³/mol. The lowest BCUT2D eigenvalue weighted by atomic mass is 9.77. The second-order valence-electron chi connectivity index (χ2n) is 5.92. The van der Waals surface area contributed by atoms with E-state index in [0.717, 1.165) is 18.9 Å². The molecule has 2 rings (SSSR count). The maximum atomic E-state index is 10.4. The van der Waals surface area contributed by atoms with Crippen molar-refractivity contribution in [1.29, 1.82) is 0 Å². The van der Waals surface area contributed by atoms with E-state index in [4.69, 9.17) is 4.74 Å². The van der Waals surface area contributed by atoms with Gasteiger partial charge < -0.3 is 9.84 Å². The number of hydrogen-bond donors (Lipinski definition) is 1. The molecule has 0 amide bonds. The van der Waals surface area contributed by atoms with Crippen LogP contribution in [0.2, 0.25) is 0 Å². The normalized spacial score (nSPS) is 26.5. The van der Waals surface area contributed by atoms with Gasteiger partial charge in [-0.25, -0.2) is 0 Å². The number of aliphatic hydroxyl groups is 1. The van der Waals surface area contributed by atoms with Crippen molar-refractivity contribution in [2.24, 2.45) is 11.8 Å². The molecular weight excluding hydrogens is 212 g/mol. The highest BCUT2D eigenvalue weighted by atomic mass is 16.5. The van der Waals surface area contributed by atoms with Crippen molar-refractivity contribution >= 4 is 0 Å². The zero-order valence-corrected chi connectivity index (χ0v) is 11.2. The molecule has 100 valence electrons. The van der Waals surface area contributed by atoms with Crippen LogP contribution < -0.4 is 0 Å². The van der Waals surface area contributed by atoms with Gasteiger partial charge in [0.15, 0.2) is 0 Å². The molecule has 1 N–H and O–H groups in total. The van der Waals surface area contributed by atoms with Gasteiger partial charge >= 0.3 is 0 Å². The van der Waals surface area contributed by atoms with E-state index in [0.29, 0.717) is 5.92 Å². The average Bonchev–Trinajstić information content (AvgIpc) is 2.31. The number of hydrogen-bond acceptors (Lipinski definition) is 2. The maximum absolute atomic E-state index is 10.4. The monoisotopic (exact) mass is 240 g/mol. The number of aliphatic hydroxyl groups excluding tert-OH is 1. The SMILES string of the molecule is CCOC(C(O)CC1CCC1)C1CCCCC1. The first-order valence-electron chi connectivity index (χ1n) is 7.61. The van der Waals surface area contributed by atoms with E-state index in [1.807, 2.05) is 6.92 Å². The summed E-state index contributed by atoms with van der Waals surface area (Å²) >= 11 is 0. The van der Waals surface area contributed by atoms with Gasteiger partial charge in [-0.05, 0) is 38.0 Å². The molecule has 0 aromatic carbocycles. The Morgan fingerprint density at radius 1 is 1.06 bits per heavy atom. The Hall–Kier alpha value is -0.0800. The van der Waals surface area contributed by atoms with E-state index in [9.17, 15) is 5.11 Å². The topological polar surface area (TPSA) is 29.5 Å². The summed E-state index contributed by atoms with van der Waals surface area (Å²) in [5.74, 6) is 1.38. The quantitative estimate of drug-likeness (QED) is 0.769. The van der Waals surface area contributed by atoms with Crippen LogP contribution in [0, 0.1) is 11.8 Å². The van der Waals surface area contributed by atoms with Gasteiger partial charge in [0.05, 0.1) is 12.2 Å². The van der Waals surface area contributed by atoms with E-state index in [2.05, 4.69) is 0 Å². The average molecular weight is 240 g/mol. The fraction of sp³-hybridized carbons (Fsp3) is 1.00. The van der Waals surface area contributed by atoms with Crippen molar-refractivity contribution in [2.45, 2.75) is 76.9 Å². The molecule has 0 spiro atoms. The van der Waals surface area contributed by atoms with E-state index in [-0.39, 0.29) is 12.2 Å². The Kier molecular flexibility index (Phi) is 5.30. The lowest BCUT2D eigenvalue weighted by Crippen LogP contribution is -2.39. The molecule has 0 aromatic heterocycles. The molecule has 17 heavy (non-hydrogen) atoms. The minimum absolute atomic E-state index is 0.112. The van der Waals surface area contributed by atoms with Gasteiger partial charge in [0.25, 0.3) is 0 Å². The molecule has 2 saturated carbocycles. The number of rotatable bonds is 6. The van der Waals surface area contributed by atoms with Gasteiger partial charge in [0.1, 0.15) is 0 Å². The lowest BCUT2D eigenvalue weighted by Gasteiger charge is -2.36. The van der Waals surface area contributed by atoms with Gasteiger partial charge in [0, 0.05) is 6.61 Å². The Bertz CT molecular complexity index is 207. The van der Waals surface area contributed by atoms with Crippen LogP contribution in [0.4, 0.5) is 0 Å². The molecule has 2 atom stereocenters. The molecule has 2 aliphatic carbocycles. The largest absolute Gasteiger partial charge is 0.390 e. The predicted octanol–water partition coefficient (Wildman–Crippen LogP) is 3.52. The molecule has 2 nitrogen and oxygen atoms in total. The van der Waals surface area contributed by atoms with Crippen LogP contribution in [0.3, 0.4) is 0 Å². The highest BCUT2D eigenvalue weighted by Gasteiger charge is 2.32. The molecule has 2 unspecified atom stereocenters. The summed E-state index contributed by atoms with van der Waals surface area (Å²) in [5.41, 5.74) is 0. The smallest absolute Gasteiger partial charge is 0.0861 e. The molecule has 0 heterocycles. The second kappa shape index (κ2) is 6.75. The summed E-state index contributed by atoms with van der Waals surface area (Å²) in [7, 11) is 0. The van der Waals surface area contributed by atoms with Crippen molar-refractivity contribution in [3.8, 4) is 0 Å². The van der Waals surface area contributed by atoms with E-state index < -0.39 is 0 Å². The lowest BCUT2D eigenvalue weighted by molar-refractivity contribution is -0.0825. The fourth-order valence-corrected chi connectivity index (χ4v) is 3.42. The summed E-state index contributed by atoms with van der Waals surface area (Å²) in [6.07, 6.45) is 11.4. The fourth-order valence-electron chi connectivity index (χ4n) is 3.42. The van der Waals surface area contributed by atoms with Crippen LogP contribution in [-0.2, 0) is 4.74 Å². The molecule has 0 aliphatic heterocycles. The third-order valence-electron chi connectivity index (χ3n) is 4.65. The molecule has 0 saturated heterocycles. The minimum Gasteiger partial charge on any atom is -0.390 e. The standard InChI is InChI=1S/C15H28O2/c1-2-17-15(13-9-4-3-5-10-13)14(16)11-12-7-6-8-12/h12-16H,2-11H2,1H3. The highest BCUT2D eigenvalue weighted by Crippen LogP contribution is 2.35. The van der Waals surface area contributed by atoms with Gasteiger partial charge in [-0.1, -0.05) is 38.5 Å². The third-order valence-corrected chi connectivity index (χ3v) is 4.65. The summed E-state index contributed by atoms with van der Waals surface area (Å²) in [4.78, 5) is 0. The summed E-state index contributed by atoms with van der Waals surface area (Å²) in [5, 5.41) is 10.4. The van der Waals surface area contributed by atoms with Gasteiger partial charge in [0.2, 0.25) is 0 Å². The molecule has 2 heteroatoms. The first-order valence-corrected chi connectivity index (χ1v) is 7.61. The zero-order valence-electron chi connectivity index (χ0n) is 11.2. The summed E-state index contributed by atoms with van der Waals surface area (Å²) in [6, 6.07) is 0. The van der Waals surface area contributed by atoms with Crippen molar-refractivity contribution in [3.05, 3.63) is 0 Å². The van der Waals surface area contributed by atoms with Crippen LogP contribution in [0.5, 0.6) is 0 Å². The van der Waals surface area contributed by atoms with Crippen molar-refractivity contribution in [2.75, 3.05) is 6.61 Å². The maximum Gasteiger partial charge on any atom is 0.0861 e. The molecule has 0 bridgehead atoms. The van der Waals surface area contributed by atoms with Crippen LogP contribution >= 0.6 is 0 Å². The Morgan fingerprint density at radius 2 is 1.76 bits per heavy atom. The van der Waals surface area contributed by atoms with Crippen LogP contribution in [-0.4, -0.2) is 23.9 Å². The third kappa shape index (κ3) is 3.69. The highest BCUT2D eigenvalue weighted by molar-refractivity contribution is 4.83. The Labute approximate surface area is 106 Å². The molecule has 2 fully saturated rings. The van der Waals surface area contributed by atoms with E-state index >= 15 is 0 Å². The van der Waals surface area contributed by atoms with Gasteiger partial charge in [-0.2, -0.15) is 0 Å². The number of ether oxygens (including phenoxy) is 1. The molecular formula is C15H28O2. The van der Waals surface area contributed by atoms with Crippen molar-refractivity contribution in [1.82, 2.24) is 0 Å². The Balaban J connectivity index is 1.84. The van der Waals surface area contributed by atoms with Crippen LogP contribution in [0.1, 0.15) is 64.7 Å². The van der Waals surface area contributed by atoms with Gasteiger partial charge in [-0.15, -0.1) is 0 Å². The van der Waals surface area contributed by atoms with Gasteiger partial charge in [-0.3, -0.25) is 0 Å². The molecule has 2 aliphatic rings. The second-order valence-corrected chi connectivity index (χ2v) is 5.92. The molecule has 0 aromatic rings. The first kappa shape index (κ1) is 13.4. The first-order chi connectivity index (χ1) is 8.31. The van der Waals surface area contributed by atoms with Crippen molar-refractivity contribution < 1.29 is 9.84 Å². The summed E-state index contributed by atoms with van der Waals surface area (Å²) < 4.78 is 5.86. The zero-order chi connectivity index (χ0) is 12.1. The Morgan fingerprint density at radius 3 is 2.29 bits per heavy atom. The van der Waals surface area contributed by atoms with Crippen LogP contribution in [0.15, 0.2) is 0 Å².